The quantitative estimate of drug-likeness (QED) is 0.864. The standard InChI is InChI=1S/C14H14ClFN2O3S/c1-8(22-16)6-17-14(19)12-13(21-7-18-12)9-3-4-11(20-2)10(15)5-9/h3-5,7-8H,6H2,1-2H3,(H,17,19). The minimum Gasteiger partial charge on any atom is -0.495 e. The second-order valence-electron chi connectivity index (χ2n) is 4.49. The summed E-state index contributed by atoms with van der Waals surface area (Å²) >= 11 is 6.25. The summed E-state index contributed by atoms with van der Waals surface area (Å²) < 4.78 is 22.7. The van der Waals surface area contributed by atoms with Crippen molar-refractivity contribution in [3.63, 3.8) is 0 Å². The number of aromatic nitrogens is 1. The summed E-state index contributed by atoms with van der Waals surface area (Å²) in [6.45, 7) is 1.85. The Morgan fingerprint density at radius 1 is 1.59 bits per heavy atom. The summed E-state index contributed by atoms with van der Waals surface area (Å²) in [5.74, 6) is 0.379. The minimum absolute atomic E-state index is 0.122. The highest BCUT2D eigenvalue weighted by molar-refractivity contribution is 7.94. The number of hydrogen-bond donors (Lipinski definition) is 1. The maximum atomic E-state index is 12.3. The first kappa shape index (κ1) is 16.6. The molecule has 0 radical (unpaired) electrons. The largest absolute Gasteiger partial charge is 0.495 e. The number of ether oxygens (including phenoxy) is 1. The van der Waals surface area contributed by atoms with Gasteiger partial charge in [-0.3, -0.25) is 4.79 Å². The van der Waals surface area contributed by atoms with Crippen LogP contribution in [0.25, 0.3) is 11.3 Å². The van der Waals surface area contributed by atoms with Crippen LogP contribution in [0.2, 0.25) is 5.02 Å². The molecule has 118 valence electrons. The molecule has 2 aromatic rings. The van der Waals surface area contributed by atoms with E-state index in [4.69, 9.17) is 20.8 Å². The Kier molecular flexibility index (Phi) is 5.68. The van der Waals surface area contributed by atoms with Crippen molar-refractivity contribution in [1.82, 2.24) is 10.3 Å². The molecular formula is C14H14ClFN2O3S. The number of nitrogens with zero attached hydrogens (tertiary/aromatic N) is 1. The van der Waals surface area contributed by atoms with Gasteiger partial charge in [0, 0.05) is 24.3 Å². The van der Waals surface area contributed by atoms with E-state index in [1.54, 1.807) is 25.1 Å². The zero-order chi connectivity index (χ0) is 16.1. The predicted molar refractivity (Wildman–Crippen MR) is 84.0 cm³/mol. The molecule has 8 heteroatoms. The molecule has 1 N–H and O–H groups in total. The van der Waals surface area contributed by atoms with Gasteiger partial charge >= 0.3 is 0 Å². The van der Waals surface area contributed by atoms with E-state index in [0.29, 0.717) is 22.1 Å². The number of benzene rings is 1. The van der Waals surface area contributed by atoms with Crippen LogP contribution >= 0.6 is 23.7 Å². The van der Waals surface area contributed by atoms with Crippen LogP contribution in [-0.4, -0.2) is 29.8 Å². The van der Waals surface area contributed by atoms with Gasteiger partial charge in [0.15, 0.2) is 17.8 Å². The first-order chi connectivity index (χ1) is 10.6. The van der Waals surface area contributed by atoms with E-state index in [1.807, 2.05) is 0 Å². The number of hydrogen-bond acceptors (Lipinski definition) is 5. The lowest BCUT2D eigenvalue weighted by Crippen LogP contribution is -2.29. The molecule has 0 bridgehead atoms. The molecule has 0 fully saturated rings. The van der Waals surface area contributed by atoms with Gasteiger partial charge < -0.3 is 14.5 Å². The van der Waals surface area contributed by atoms with E-state index in [-0.39, 0.29) is 29.6 Å². The normalized spacial score (nSPS) is 12.0. The molecule has 0 aliphatic heterocycles. The zero-order valence-electron chi connectivity index (χ0n) is 11.9. The Hall–Kier alpha value is -1.73. The number of carbonyl (C=O) groups excluding carboxylic acids is 1. The van der Waals surface area contributed by atoms with Crippen molar-refractivity contribution in [2.75, 3.05) is 13.7 Å². The summed E-state index contributed by atoms with van der Waals surface area (Å²) in [6, 6.07) is 5.00. The number of halogens is 2. The number of amides is 1. The first-order valence-corrected chi connectivity index (χ1v) is 7.55. The Morgan fingerprint density at radius 3 is 3.00 bits per heavy atom. The molecule has 2 rings (SSSR count). The van der Waals surface area contributed by atoms with Crippen LogP contribution in [0.4, 0.5) is 3.89 Å². The third-order valence-corrected chi connectivity index (χ3v) is 3.66. The molecule has 1 unspecified atom stereocenters. The van der Waals surface area contributed by atoms with Crippen LogP contribution in [0.5, 0.6) is 5.75 Å². The Bertz CT molecular complexity index is 665. The zero-order valence-corrected chi connectivity index (χ0v) is 13.5. The number of oxazole rings is 1. The highest BCUT2D eigenvalue weighted by Gasteiger charge is 2.19. The summed E-state index contributed by atoms with van der Waals surface area (Å²) in [4.78, 5) is 16.0. The Balaban J connectivity index is 2.22. The maximum absolute atomic E-state index is 12.3. The molecule has 5 nitrogen and oxygen atoms in total. The SMILES string of the molecule is COc1ccc(-c2ocnc2C(=O)NCC(C)SF)cc1Cl. The van der Waals surface area contributed by atoms with Crippen molar-refractivity contribution in [2.45, 2.75) is 12.2 Å². The van der Waals surface area contributed by atoms with Gasteiger partial charge in [-0.15, -0.1) is 0 Å². The second kappa shape index (κ2) is 7.51. The van der Waals surface area contributed by atoms with E-state index >= 15 is 0 Å². The molecule has 0 saturated heterocycles. The smallest absolute Gasteiger partial charge is 0.273 e. The Labute approximate surface area is 136 Å². The van der Waals surface area contributed by atoms with E-state index in [0.717, 1.165) is 0 Å². The fourth-order valence-corrected chi connectivity index (χ4v) is 2.18. The van der Waals surface area contributed by atoms with Gasteiger partial charge in [0.05, 0.1) is 17.4 Å². The highest BCUT2D eigenvalue weighted by Crippen LogP contribution is 2.31. The van der Waals surface area contributed by atoms with Crippen LogP contribution in [0.15, 0.2) is 29.0 Å². The summed E-state index contributed by atoms with van der Waals surface area (Å²) in [5.41, 5.74) is 0.721. The van der Waals surface area contributed by atoms with E-state index < -0.39 is 5.91 Å². The van der Waals surface area contributed by atoms with E-state index in [1.165, 1.54) is 13.5 Å². The van der Waals surface area contributed by atoms with Crippen LogP contribution in [0.3, 0.4) is 0 Å². The maximum Gasteiger partial charge on any atom is 0.273 e. The highest BCUT2D eigenvalue weighted by atomic mass is 35.5. The minimum atomic E-state index is -0.434. The topological polar surface area (TPSA) is 64.4 Å². The van der Waals surface area contributed by atoms with Crippen LogP contribution in [0.1, 0.15) is 17.4 Å². The van der Waals surface area contributed by atoms with Crippen molar-refractivity contribution < 1.29 is 17.8 Å². The molecule has 0 spiro atoms. The number of methoxy groups -OCH3 is 1. The van der Waals surface area contributed by atoms with Gasteiger partial charge in [-0.1, -0.05) is 11.6 Å². The van der Waals surface area contributed by atoms with Crippen LogP contribution in [0, 0.1) is 0 Å². The monoisotopic (exact) mass is 344 g/mol. The Morgan fingerprint density at radius 2 is 2.36 bits per heavy atom. The number of nitrogens with one attached hydrogen (secondary N) is 1. The predicted octanol–water partition coefficient (Wildman–Crippen LogP) is 3.74. The van der Waals surface area contributed by atoms with E-state index in [2.05, 4.69) is 10.3 Å². The first-order valence-electron chi connectivity index (χ1n) is 6.39. The summed E-state index contributed by atoms with van der Waals surface area (Å²) in [5, 5.41) is 2.66. The third kappa shape index (κ3) is 3.72. The van der Waals surface area contributed by atoms with Gasteiger partial charge in [0.1, 0.15) is 5.75 Å². The van der Waals surface area contributed by atoms with Gasteiger partial charge in [0.2, 0.25) is 0 Å². The fourth-order valence-electron chi connectivity index (χ4n) is 1.77. The lowest BCUT2D eigenvalue weighted by atomic mass is 10.1. The van der Waals surface area contributed by atoms with Gasteiger partial charge in [-0.25, -0.2) is 4.98 Å². The average molecular weight is 345 g/mol. The molecule has 1 heterocycles. The van der Waals surface area contributed by atoms with Gasteiger partial charge in [-0.2, -0.15) is 3.89 Å². The van der Waals surface area contributed by atoms with Crippen molar-refractivity contribution in [3.05, 3.63) is 35.3 Å². The van der Waals surface area contributed by atoms with Crippen LogP contribution < -0.4 is 10.1 Å². The van der Waals surface area contributed by atoms with Gasteiger partial charge in [0.25, 0.3) is 5.91 Å². The summed E-state index contributed by atoms with van der Waals surface area (Å²) in [7, 11) is 1.51. The molecule has 1 atom stereocenters. The molecule has 0 aliphatic rings. The van der Waals surface area contributed by atoms with Crippen molar-refractivity contribution in [2.24, 2.45) is 0 Å². The second-order valence-corrected chi connectivity index (χ2v) is 5.88. The molecule has 0 saturated carbocycles. The lowest BCUT2D eigenvalue weighted by Gasteiger charge is -2.08. The average Bonchev–Trinajstić information content (AvgIpc) is 3.01. The molecule has 22 heavy (non-hydrogen) atoms. The lowest BCUT2D eigenvalue weighted by molar-refractivity contribution is 0.0950. The molecular weight excluding hydrogens is 331 g/mol. The number of carbonyl (C=O) groups is 1. The molecule has 0 aliphatic carbocycles. The van der Waals surface area contributed by atoms with Crippen molar-refractivity contribution in [3.8, 4) is 17.1 Å². The molecule has 1 aromatic carbocycles. The van der Waals surface area contributed by atoms with Crippen molar-refractivity contribution in [1.29, 1.82) is 0 Å². The van der Waals surface area contributed by atoms with Crippen molar-refractivity contribution >= 4 is 29.7 Å². The third-order valence-electron chi connectivity index (χ3n) is 2.90. The number of rotatable bonds is 6. The van der Waals surface area contributed by atoms with Gasteiger partial charge in [-0.05, 0) is 25.1 Å². The van der Waals surface area contributed by atoms with E-state index in [9.17, 15) is 8.68 Å². The van der Waals surface area contributed by atoms with Crippen LogP contribution in [-0.2, 0) is 0 Å². The fraction of sp³-hybridized carbons (Fsp3) is 0.286. The summed E-state index contributed by atoms with van der Waals surface area (Å²) in [6.07, 6.45) is 1.18. The molecule has 1 amide bonds. The molecule has 1 aromatic heterocycles.